The number of nitrogens with zero attached hydrogens (tertiary/aromatic N) is 5. The van der Waals surface area contributed by atoms with Gasteiger partial charge in [-0.15, -0.1) is 0 Å². The number of unbranched alkanes of at least 4 members (excludes halogenated alkanes) is 1. The summed E-state index contributed by atoms with van der Waals surface area (Å²) < 4.78 is 1.57. The molecule has 0 saturated carbocycles. The van der Waals surface area contributed by atoms with Crippen LogP contribution in [-0.2, 0) is 6.42 Å². The Morgan fingerprint density at radius 3 is 2.88 bits per heavy atom. The molecule has 0 radical (unpaired) electrons. The Bertz CT molecular complexity index is 454. The van der Waals surface area contributed by atoms with Crippen molar-refractivity contribution in [2.24, 2.45) is 0 Å². The Balaban J connectivity index is 2.29. The van der Waals surface area contributed by atoms with Crippen molar-refractivity contribution in [3.05, 3.63) is 29.6 Å². The average Bonchev–Trinajstić information content (AvgIpc) is 2.79. The second-order valence-corrected chi connectivity index (χ2v) is 3.71. The van der Waals surface area contributed by atoms with Gasteiger partial charge in [0.2, 0.25) is 5.28 Å². The highest BCUT2D eigenvalue weighted by atomic mass is 35.5. The molecule has 84 valence electrons. The molecule has 6 heteroatoms. The molecule has 0 N–H and O–H groups in total. The largest absolute Gasteiger partial charge is 0.255 e. The van der Waals surface area contributed by atoms with E-state index >= 15 is 0 Å². The van der Waals surface area contributed by atoms with Gasteiger partial charge in [-0.2, -0.15) is 15.1 Å². The number of aryl methyl sites for hydroxylation is 1. The smallest absolute Gasteiger partial charge is 0.206 e. The van der Waals surface area contributed by atoms with E-state index in [2.05, 4.69) is 27.0 Å². The van der Waals surface area contributed by atoms with E-state index in [1.807, 2.05) is 6.07 Å². The minimum atomic E-state index is 0.214. The highest BCUT2D eigenvalue weighted by Gasteiger charge is 2.06. The predicted molar refractivity (Wildman–Crippen MR) is 60.6 cm³/mol. The molecule has 0 fully saturated rings. The Kier molecular flexibility index (Phi) is 3.46. The molecule has 0 amide bonds. The lowest BCUT2D eigenvalue weighted by Crippen LogP contribution is -2.07. The third-order valence-electron chi connectivity index (χ3n) is 2.11. The Morgan fingerprint density at radius 1 is 1.31 bits per heavy atom. The molecule has 0 unspecified atom stereocenters. The summed E-state index contributed by atoms with van der Waals surface area (Å²) >= 11 is 5.84. The molecule has 0 spiro atoms. The lowest BCUT2D eigenvalue weighted by atomic mass is 10.2. The zero-order valence-electron chi connectivity index (χ0n) is 8.97. The van der Waals surface area contributed by atoms with Gasteiger partial charge in [-0.1, -0.05) is 13.3 Å². The van der Waals surface area contributed by atoms with Crippen molar-refractivity contribution < 1.29 is 0 Å². The minimum Gasteiger partial charge on any atom is -0.206 e. The number of hydrogen-bond acceptors (Lipinski definition) is 4. The summed E-state index contributed by atoms with van der Waals surface area (Å²) in [7, 11) is 0. The van der Waals surface area contributed by atoms with Crippen LogP contribution in [0.25, 0.3) is 5.95 Å². The number of rotatable bonds is 4. The molecule has 16 heavy (non-hydrogen) atoms. The monoisotopic (exact) mass is 237 g/mol. The van der Waals surface area contributed by atoms with Crippen molar-refractivity contribution in [1.29, 1.82) is 0 Å². The van der Waals surface area contributed by atoms with Crippen LogP contribution < -0.4 is 0 Å². The third-order valence-corrected chi connectivity index (χ3v) is 2.27. The maximum atomic E-state index is 5.84. The number of hydrogen-bond donors (Lipinski definition) is 0. The number of aromatic nitrogens is 5. The summed E-state index contributed by atoms with van der Waals surface area (Å²) in [4.78, 5) is 12.4. The minimum absolute atomic E-state index is 0.214. The Morgan fingerprint density at radius 2 is 2.19 bits per heavy atom. The van der Waals surface area contributed by atoms with Gasteiger partial charge in [0.25, 0.3) is 5.95 Å². The lowest BCUT2D eigenvalue weighted by Gasteiger charge is -2.03. The fraction of sp³-hybridized carbons (Fsp3) is 0.400. The second kappa shape index (κ2) is 5.03. The molecule has 2 rings (SSSR count). The van der Waals surface area contributed by atoms with Crippen LogP contribution in [0.3, 0.4) is 0 Å². The van der Waals surface area contributed by atoms with Crippen molar-refractivity contribution in [3.63, 3.8) is 0 Å². The molecule has 0 atom stereocenters. The first-order valence-electron chi connectivity index (χ1n) is 5.20. The van der Waals surface area contributed by atoms with E-state index in [4.69, 9.17) is 11.6 Å². The van der Waals surface area contributed by atoms with E-state index in [-0.39, 0.29) is 5.28 Å². The quantitative estimate of drug-likeness (QED) is 0.817. The standard InChI is InChI=1S/C10H12ClN5/c1-2-3-5-8-13-9(11)15-10(14-8)16-7-4-6-12-16/h4,6-7H,2-3,5H2,1H3. The third kappa shape index (κ3) is 2.55. The van der Waals surface area contributed by atoms with Gasteiger partial charge < -0.3 is 0 Å². The molecule has 0 bridgehead atoms. The van der Waals surface area contributed by atoms with E-state index in [0.29, 0.717) is 11.8 Å². The predicted octanol–water partition coefficient (Wildman–Crippen LogP) is 2.05. The summed E-state index contributed by atoms with van der Waals surface area (Å²) in [5, 5.41) is 4.27. The van der Waals surface area contributed by atoms with Gasteiger partial charge in [0, 0.05) is 18.8 Å². The lowest BCUT2D eigenvalue weighted by molar-refractivity contribution is 0.717. The first-order chi connectivity index (χ1) is 7.79. The van der Waals surface area contributed by atoms with Crippen molar-refractivity contribution >= 4 is 11.6 Å². The van der Waals surface area contributed by atoms with Crippen LogP contribution in [0.5, 0.6) is 0 Å². The highest BCUT2D eigenvalue weighted by Crippen LogP contribution is 2.07. The van der Waals surface area contributed by atoms with Gasteiger partial charge in [0.1, 0.15) is 5.82 Å². The molecular formula is C10H12ClN5. The van der Waals surface area contributed by atoms with Gasteiger partial charge in [-0.05, 0) is 24.1 Å². The molecule has 0 aromatic carbocycles. The van der Waals surface area contributed by atoms with Crippen molar-refractivity contribution in [2.45, 2.75) is 26.2 Å². The van der Waals surface area contributed by atoms with Crippen LogP contribution in [-0.4, -0.2) is 24.7 Å². The first-order valence-corrected chi connectivity index (χ1v) is 5.58. The summed E-state index contributed by atoms with van der Waals surface area (Å²) in [5.41, 5.74) is 0. The van der Waals surface area contributed by atoms with Gasteiger partial charge in [-0.25, -0.2) is 9.67 Å². The van der Waals surface area contributed by atoms with E-state index in [0.717, 1.165) is 19.3 Å². The molecular weight excluding hydrogens is 226 g/mol. The van der Waals surface area contributed by atoms with E-state index < -0.39 is 0 Å². The van der Waals surface area contributed by atoms with Crippen LogP contribution in [0, 0.1) is 0 Å². The normalized spacial score (nSPS) is 10.6. The molecule has 2 aromatic heterocycles. The maximum Gasteiger partial charge on any atom is 0.255 e. The fourth-order valence-corrected chi connectivity index (χ4v) is 1.49. The zero-order valence-corrected chi connectivity index (χ0v) is 9.72. The highest BCUT2D eigenvalue weighted by molar-refractivity contribution is 6.28. The summed E-state index contributed by atoms with van der Waals surface area (Å²) in [6.45, 7) is 2.12. The summed E-state index contributed by atoms with van der Waals surface area (Å²) in [6, 6.07) is 1.81. The van der Waals surface area contributed by atoms with Crippen LogP contribution in [0.1, 0.15) is 25.6 Å². The Hall–Kier alpha value is -1.49. The maximum absolute atomic E-state index is 5.84. The van der Waals surface area contributed by atoms with Crippen molar-refractivity contribution in [1.82, 2.24) is 24.7 Å². The van der Waals surface area contributed by atoms with Gasteiger partial charge in [0.05, 0.1) is 0 Å². The van der Waals surface area contributed by atoms with Gasteiger partial charge in [-0.3, -0.25) is 0 Å². The Labute approximate surface area is 98.5 Å². The zero-order chi connectivity index (χ0) is 11.4. The average molecular weight is 238 g/mol. The molecule has 0 saturated heterocycles. The van der Waals surface area contributed by atoms with E-state index in [1.165, 1.54) is 0 Å². The van der Waals surface area contributed by atoms with E-state index in [9.17, 15) is 0 Å². The van der Waals surface area contributed by atoms with Crippen LogP contribution in [0.15, 0.2) is 18.5 Å². The summed E-state index contributed by atoms with van der Waals surface area (Å²) in [6.07, 6.45) is 6.39. The number of halogens is 1. The van der Waals surface area contributed by atoms with Crippen LogP contribution in [0.2, 0.25) is 5.28 Å². The fourth-order valence-electron chi connectivity index (χ4n) is 1.32. The molecule has 0 aliphatic carbocycles. The molecule has 2 aromatic rings. The molecule has 2 heterocycles. The van der Waals surface area contributed by atoms with Gasteiger partial charge in [0.15, 0.2) is 0 Å². The second-order valence-electron chi connectivity index (χ2n) is 3.37. The van der Waals surface area contributed by atoms with Crippen molar-refractivity contribution in [3.8, 4) is 5.95 Å². The molecule has 0 aliphatic heterocycles. The topological polar surface area (TPSA) is 56.5 Å². The first kappa shape index (κ1) is 11.0. The molecule has 5 nitrogen and oxygen atoms in total. The van der Waals surface area contributed by atoms with Crippen LogP contribution >= 0.6 is 11.6 Å². The van der Waals surface area contributed by atoms with Crippen molar-refractivity contribution in [2.75, 3.05) is 0 Å². The van der Waals surface area contributed by atoms with Gasteiger partial charge >= 0.3 is 0 Å². The molecule has 0 aliphatic rings. The summed E-state index contributed by atoms with van der Waals surface area (Å²) in [5.74, 6) is 1.18. The van der Waals surface area contributed by atoms with Crippen LogP contribution in [0.4, 0.5) is 0 Å². The van der Waals surface area contributed by atoms with E-state index in [1.54, 1.807) is 17.1 Å². The SMILES string of the molecule is CCCCc1nc(Cl)nc(-n2cccn2)n1.